The van der Waals surface area contributed by atoms with E-state index in [2.05, 4.69) is 20.8 Å². The van der Waals surface area contributed by atoms with Gasteiger partial charge in [-0.05, 0) is 27.2 Å². The van der Waals surface area contributed by atoms with E-state index in [9.17, 15) is 0 Å². The number of rotatable bonds is 6. The van der Waals surface area contributed by atoms with Crippen LogP contribution in [0.4, 0.5) is 0 Å². The molecule has 76 valence electrons. The van der Waals surface area contributed by atoms with Gasteiger partial charge in [0.05, 0.1) is 19.1 Å². The molecule has 0 amide bonds. The predicted octanol–water partition coefficient (Wildman–Crippen LogP) is -2.92. The highest BCUT2D eigenvalue weighted by Gasteiger charge is 2.11. The summed E-state index contributed by atoms with van der Waals surface area (Å²) < 4.78 is 0. The number of hydrogen-bond acceptors (Lipinski definition) is 1. The van der Waals surface area contributed by atoms with Crippen LogP contribution >= 0.6 is 0 Å². The van der Waals surface area contributed by atoms with Gasteiger partial charge in [-0.2, -0.15) is 0 Å². The maximum Gasteiger partial charge on any atom is 0.0846 e. The van der Waals surface area contributed by atoms with Crippen molar-refractivity contribution >= 4 is 0 Å². The Morgan fingerprint density at radius 3 is 2.08 bits per heavy atom. The van der Waals surface area contributed by atoms with Gasteiger partial charge in [0.2, 0.25) is 0 Å². The summed E-state index contributed by atoms with van der Waals surface area (Å²) in [6.45, 7) is 9.43. The molecule has 1 unspecified atom stereocenters. The summed E-state index contributed by atoms with van der Waals surface area (Å²) in [5.41, 5.74) is 0. The second-order valence-corrected chi connectivity index (χ2v) is 3.13. The van der Waals surface area contributed by atoms with Gasteiger partial charge in [0.1, 0.15) is 0 Å². The predicted molar refractivity (Wildman–Crippen MR) is 47.8 cm³/mol. The SMILES string of the molecule is CC[NH+](CC)C(C)CCCO.[I-]. The molecule has 0 bridgehead atoms. The van der Waals surface area contributed by atoms with Gasteiger partial charge in [-0.15, -0.1) is 0 Å². The first-order chi connectivity index (χ1) is 5.26. The van der Waals surface area contributed by atoms with Gasteiger partial charge in [-0.3, -0.25) is 0 Å². The number of quaternary nitrogens is 1. The van der Waals surface area contributed by atoms with Gasteiger partial charge in [0.25, 0.3) is 0 Å². The lowest BCUT2D eigenvalue weighted by Gasteiger charge is -2.22. The summed E-state index contributed by atoms with van der Waals surface area (Å²) in [4.78, 5) is 1.64. The van der Waals surface area contributed by atoms with Crippen molar-refractivity contribution in [2.45, 2.75) is 39.7 Å². The Morgan fingerprint density at radius 2 is 1.75 bits per heavy atom. The topological polar surface area (TPSA) is 24.7 Å². The Bertz CT molecular complexity index is 86.6. The van der Waals surface area contributed by atoms with Crippen LogP contribution in [0.25, 0.3) is 0 Å². The minimum atomic E-state index is 0. The summed E-state index contributed by atoms with van der Waals surface area (Å²) in [5, 5.41) is 8.63. The van der Waals surface area contributed by atoms with Crippen LogP contribution in [0.3, 0.4) is 0 Å². The Balaban J connectivity index is 0. The normalized spacial score (nSPS) is 12.8. The van der Waals surface area contributed by atoms with Crippen LogP contribution in [0.2, 0.25) is 0 Å². The third-order valence-electron chi connectivity index (χ3n) is 2.40. The average molecular weight is 287 g/mol. The van der Waals surface area contributed by atoms with Crippen molar-refractivity contribution in [3.05, 3.63) is 0 Å². The molecule has 0 saturated heterocycles. The quantitative estimate of drug-likeness (QED) is 0.503. The lowest BCUT2D eigenvalue weighted by Crippen LogP contribution is -3.14. The second kappa shape index (κ2) is 9.74. The van der Waals surface area contributed by atoms with Crippen molar-refractivity contribution in [1.29, 1.82) is 0 Å². The summed E-state index contributed by atoms with van der Waals surface area (Å²) in [6, 6.07) is 0.706. The number of aliphatic hydroxyl groups is 1. The minimum Gasteiger partial charge on any atom is -1.00 e. The fraction of sp³-hybridized carbons (Fsp3) is 1.00. The molecule has 0 aromatic rings. The lowest BCUT2D eigenvalue weighted by molar-refractivity contribution is -0.920. The molecule has 2 N–H and O–H groups in total. The molecular formula is C9H22INO. The number of nitrogens with one attached hydrogen (secondary N) is 1. The van der Waals surface area contributed by atoms with E-state index < -0.39 is 0 Å². The van der Waals surface area contributed by atoms with Gasteiger partial charge < -0.3 is 34.0 Å². The van der Waals surface area contributed by atoms with Crippen molar-refractivity contribution in [2.24, 2.45) is 0 Å². The third kappa shape index (κ3) is 6.20. The van der Waals surface area contributed by atoms with Gasteiger partial charge in [-0.1, -0.05) is 0 Å². The summed E-state index contributed by atoms with van der Waals surface area (Å²) >= 11 is 0. The van der Waals surface area contributed by atoms with Crippen LogP contribution in [-0.2, 0) is 0 Å². The maximum absolute atomic E-state index is 8.63. The van der Waals surface area contributed by atoms with Crippen molar-refractivity contribution in [1.82, 2.24) is 0 Å². The van der Waals surface area contributed by atoms with Crippen molar-refractivity contribution in [3.63, 3.8) is 0 Å². The molecule has 1 atom stereocenters. The Labute approximate surface area is 93.4 Å². The van der Waals surface area contributed by atoms with Gasteiger partial charge in [0, 0.05) is 13.0 Å². The highest BCUT2D eigenvalue weighted by molar-refractivity contribution is 4.47. The molecule has 0 aromatic carbocycles. The van der Waals surface area contributed by atoms with E-state index in [0.717, 1.165) is 12.8 Å². The molecule has 0 aliphatic rings. The number of aliphatic hydroxyl groups excluding tert-OH is 1. The van der Waals surface area contributed by atoms with E-state index in [4.69, 9.17) is 5.11 Å². The van der Waals surface area contributed by atoms with Gasteiger partial charge in [-0.25, -0.2) is 0 Å². The summed E-state index contributed by atoms with van der Waals surface area (Å²) in [5.74, 6) is 0. The molecule has 0 saturated carbocycles. The zero-order valence-electron chi connectivity index (χ0n) is 8.44. The third-order valence-corrected chi connectivity index (χ3v) is 2.40. The highest BCUT2D eigenvalue weighted by Crippen LogP contribution is 1.90. The fourth-order valence-electron chi connectivity index (χ4n) is 1.55. The zero-order valence-corrected chi connectivity index (χ0v) is 10.6. The minimum absolute atomic E-state index is 0. The van der Waals surface area contributed by atoms with Crippen LogP contribution in [0.1, 0.15) is 33.6 Å². The second-order valence-electron chi connectivity index (χ2n) is 3.13. The first-order valence-electron chi connectivity index (χ1n) is 4.71. The molecule has 0 aliphatic carbocycles. The number of hydrogen-bond donors (Lipinski definition) is 2. The van der Waals surface area contributed by atoms with E-state index in [1.165, 1.54) is 13.1 Å². The van der Waals surface area contributed by atoms with E-state index in [1.807, 2.05) is 0 Å². The molecular weight excluding hydrogens is 265 g/mol. The highest BCUT2D eigenvalue weighted by atomic mass is 127. The van der Waals surface area contributed by atoms with Gasteiger partial charge in [0.15, 0.2) is 0 Å². The molecule has 12 heavy (non-hydrogen) atoms. The van der Waals surface area contributed by atoms with E-state index >= 15 is 0 Å². The molecule has 0 radical (unpaired) electrons. The molecule has 0 rings (SSSR count). The number of halogens is 1. The molecule has 0 fully saturated rings. The van der Waals surface area contributed by atoms with Crippen molar-refractivity contribution in [3.8, 4) is 0 Å². The Kier molecular flexibility index (Phi) is 12.3. The largest absolute Gasteiger partial charge is 1.00 e. The maximum atomic E-state index is 8.63. The Hall–Kier alpha value is 0.650. The zero-order chi connectivity index (χ0) is 8.69. The van der Waals surface area contributed by atoms with E-state index in [1.54, 1.807) is 4.90 Å². The fourth-order valence-corrected chi connectivity index (χ4v) is 1.55. The standard InChI is InChI=1S/C9H21NO.HI/c1-4-10(5-2)9(3)7-6-8-11;/h9,11H,4-8H2,1-3H3;1H. The average Bonchev–Trinajstić information content (AvgIpc) is 2.03. The van der Waals surface area contributed by atoms with Crippen molar-refractivity contribution in [2.75, 3.05) is 19.7 Å². The molecule has 0 aromatic heterocycles. The van der Waals surface area contributed by atoms with Gasteiger partial charge >= 0.3 is 0 Å². The monoisotopic (exact) mass is 287 g/mol. The molecule has 0 aliphatic heterocycles. The molecule has 0 heterocycles. The Morgan fingerprint density at radius 1 is 1.25 bits per heavy atom. The molecule has 3 heteroatoms. The first kappa shape index (κ1) is 15.1. The van der Waals surface area contributed by atoms with Crippen LogP contribution < -0.4 is 28.9 Å². The lowest BCUT2D eigenvalue weighted by atomic mass is 10.1. The van der Waals surface area contributed by atoms with Crippen LogP contribution in [-0.4, -0.2) is 30.8 Å². The van der Waals surface area contributed by atoms with E-state index in [-0.39, 0.29) is 24.0 Å². The van der Waals surface area contributed by atoms with Crippen LogP contribution in [0.15, 0.2) is 0 Å². The molecule has 0 spiro atoms. The van der Waals surface area contributed by atoms with Crippen LogP contribution in [0, 0.1) is 0 Å². The smallest absolute Gasteiger partial charge is 0.0846 e. The van der Waals surface area contributed by atoms with E-state index in [0.29, 0.717) is 12.6 Å². The summed E-state index contributed by atoms with van der Waals surface area (Å²) in [6.07, 6.45) is 2.10. The molecule has 2 nitrogen and oxygen atoms in total. The van der Waals surface area contributed by atoms with Crippen molar-refractivity contribution < 1.29 is 34.0 Å². The van der Waals surface area contributed by atoms with Crippen LogP contribution in [0.5, 0.6) is 0 Å². The first-order valence-corrected chi connectivity index (χ1v) is 4.71. The summed E-state index contributed by atoms with van der Waals surface area (Å²) in [7, 11) is 0.